The molecular weight excluding hydrogens is 175 g/mol. The third kappa shape index (κ3) is 0.992. The van der Waals surface area contributed by atoms with Gasteiger partial charge in [0.05, 0.1) is 0 Å². The van der Waals surface area contributed by atoms with Crippen LogP contribution in [-0.4, -0.2) is 7.94 Å². The van der Waals surface area contributed by atoms with Crippen molar-refractivity contribution in [2.24, 2.45) is 0 Å². The zero-order valence-electron chi connectivity index (χ0n) is 3.29. The number of alkyl halides is 1. The zero-order chi connectivity index (χ0) is 3.70. The third-order valence-corrected chi connectivity index (χ3v) is 3.31. The van der Waals surface area contributed by atoms with Crippen molar-refractivity contribution in [3.05, 3.63) is 0 Å². The van der Waals surface area contributed by atoms with Crippen LogP contribution in [-0.2, 0) is 0 Å². The predicted octanol–water partition coefficient (Wildman–Crippen LogP) is 1.55. The Morgan fingerprint density at radius 1 is 2.00 bits per heavy atom. The van der Waals surface area contributed by atoms with Crippen LogP contribution in [0.15, 0.2) is 0 Å². The van der Waals surface area contributed by atoms with Crippen molar-refractivity contribution >= 4 is 24.2 Å². The van der Waals surface area contributed by atoms with Gasteiger partial charge in [-0.1, -0.05) is 6.92 Å². The molecule has 1 aliphatic rings. The molecule has 1 heteroatoms. The minimum atomic E-state index is 0.691. The highest BCUT2D eigenvalue weighted by atomic mass is 127. The van der Waals surface area contributed by atoms with Crippen LogP contribution in [0, 0.1) is 0 Å². The summed E-state index contributed by atoms with van der Waals surface area (Å²) < 4.78 is 3.40. The molecule has 0 nitrogen and oxygen atoms in total. The molecule has 0 fully saturated rings. The molecule has 0 spiro atoms. The molecule has 0 saturated carbocycles. The Hall–Kier alpha value is 0.600. The van der Waals surface area contributed by atoms with E-state index in [2.05, 4.69) is 6.92 Å². The number of hydrogen-bond donors (Lipinski definition) is 0. The summed E-state index contributed by atoms with van der Waals surface area (Å²) in [4.78, 5) is 0. The quantitative estimate of drug-likeness (QED) is 0.426. The van der Waals surface area contributed by atoms with Crippen molar-refractivity contribution < 1.29 is 0 Å². The Bertz CT molecular complexity index is 64.0. The van der Waals surface area contributed by atoms with Crippen molar-refractivity contribution in [1.82, 2.24) is 0 Å². The molecule has 1 heterocycles. The standard InChI is InChI=1S/C4H7I/c1-2-4-3-5-4/h2-3H2,1H3. The molecule has 0 aromatic heterocycles. The van der Waals surface area contributed by atoms with Gasteiger partial charge in [0, 0.05) is 4.43 Å². The molecule has 1 aliphatic heterocycles. The number of rotatable bonds is 1. The third-order valence-electron chi connectivity index (χ3n) is 0.706. The molecule has 30 valence electrons. The van der Waals surface area contributed by atoms with E-state index in [4.69, 9.17) is 0 Å². The van der Waals surface area contributed by atoms with Gasteiger partial charge in [0.25, 0.3) is 0 Å². The normalized spacial score (nSPS) is 19.8. The van der Waals surface area contributed by atoms with E-state index in [-0.39, 0.29) is 0 Å². The van der Waals surface area contributed by atoms with Crippen LogP contribution in [0.25, 0.3) is 0 Å². The first-order valence-electron chi connectivity index (χ1n) is 1.87. The van der Waals surface area contributed by atoms with Gasteiger partial charge < -0.3 is 0 Å². The Morgan fingerprint density at radius 3 is 2.60 bits per heavy atom. The van der Waals surface area contributed by atoms with Gasteiger partial charge >= 0.3 is 0 Å². The van der Waals surface area contributed by atoms with Crippen molar-refractivity contribution in [2.75, 3.05) is 4.43 Å². The summed E-state index contributed by atoms with van der Waals surface area (Å²) in [5, 5.41) is 0. The average Bonchev–Trinajstić information content (AvgIpc) is 2.12. The molecule has 0 saturated heterocycles. The second kappa shape index (κ2) is 1.37. The summed E-state index contributed by atoms with van der Waals surface area (Å²) in [5.41, 5.74) is 0. The first kappa shape index (κ1) is 3.78. The number of hydrogen-bond acceptors (Lipinski definition) is 0. The second-order valence-corrected chi connectivity index (χ2v) is 4.19. The van der Waals surface area contributed by atoms with Crippen molar-refractivity contribution in [2.45, 2.75) is 13.3 Å². The van der Waals surface area contributed by atoms with Crippen LogP contribution in [0.5, 0.6) is 0 Å². The van der Waals surface area contributed by atoms with Gasteiger partial charge in [-0.25, -0.2) is 0 Å². The molecule has 5 heavy (non-hydrogen) atoms. The van der Waals surface area contributed by atoms with Crippen molar-refractivity contribution in [1.29, 1.82) is 0 Å². The monoisotopic (exact) mass is 182 g/mol. The molecule has 0 radical (unpaired) electrons. The fraction of sp³-hybridized carbons (Fsp3) is 0.750. The van der Waals surface area contributed by atoms with Crippen LogP contribution in [0.3, 0.4) is 0 Å². The molecule has 0 atom stereocenters. The van der Waals surface area contributed by atoms with Crippen LogP contribution >= 0.6 is 20.7 Å². The van der Waals surface area contributed by atoms with Gasteiger partial charge in [-0.15, -0.1) is 20.7 Å². The van der Waals surface area contributed by atoms with Crippen LogP contribution in [0.1, 0.15) is 13.3 Å². The molecule has 1 rings (SSSR count). The topological polar surface area (TPSA) is 0 Å². The molecule has 0 amide bonds. The Kier molecular flexibility index (Phi) is 1.03. The fourth-order valence-electron chi connectivity index (χ4n) is 0.236. The van der Waals surface area contributed by atoms with Gasteiger partial charge in [0.1, 0.15) is 0 Å². The van der Waals surface area contributed by atoms with Crippen molar-refractivity contribution in [3.8, 4) is 0 Å². The number of halogens is 1. The summed E-state index contributed by atoms with van der Waals surface area (Å²) in [6.45, 7) is 2.25. The van der Waals surface area contributed by atoms with E-state index >= 15 is 0 Å². The largest absolute Gasteiger partial charge is 0.118 e. The van der Waals surface area contributed by atoms with Crippen LogP contribution in [0.2, 0.25) is 0 Å². The smallest absolute Gasteiger partial charge is 0.0212 e. The lowest BCUT2D eigenvalue weighted by molar-refractivity contribution is 1.32. The van der Waals surface area contributed by atoms with Gasteiger partial charge in [-0.05, 0) is 9.93 Å². The average molecular weight is 182 g/mol. The minimum Gasteiger partial charge on any atom is -0.118 e. The van der Waals surface area contributed by atoms with E-state index < -0.39 is 0 Å². The van der Waals surface area contributed by atoms with E-state index in [9.17, 15) is 0 Å². The SMILES string of the molecule is CCC1=IC1. The lowest BCUT2D eigenvalue weighted by atomic mass is 10.4. The van der Waals surface area contributed by atoms with E-state index in [1.807, 2.05) is 3.51 Å². The highest BCUT2D eigenvalue weighted by Crippen LogP contribution is 2.20. The van der Waals surface area contributed by atoms with Gasteiger partial charge in [-0.3, -0.25) is 0 Å². The van der Waals surface area contributed by atoms with E-state index in [0.717, 1.165) is 0 Å². The lowest BCUT2D eigenvalue weighted by Gasteiger charge is -1.65. The highest BCUT2D eigenvalue weighted by molar-refractivity contribution is 14.2. The maximum Gasteiger partial charge on any atom is 0.0212 e. The maximum atomic E-state index is 2.25. The Balaban J connectivity index is 2.22. The van der Waals surface area contributed by atoms with Crippen LogP contribution < -0.4 is 0 Å². The Labute approximate surface area is 42.3 Å². The molecule has 0 aliphatic carbocycles. The van der Waals surface area contributed by atoms with Gasteiger partial charge in [0.2, 0.25) is 0 Å². The summed E-state index contributed by atoms with van der Waals surface area (Å²) in [5.74, 6) is 0. The molecule has 0 N–H and O–H groups in total. The first-order valence-corrected chi connectivity index (χ1v) is 4.47. The van der Waals surface area contributed by atoms with E-state index in [1.165, 1.54) is 10.8 Å². The highest BCUT2D eigenvalue weighted by Gasteiger charge is 2.01. The fourth-order valence-corrected chi connectivity index (χ4v) is 1.58. The zero-order valence-corrected chi connectivity index (χ0v) is 5.45. The van der Waals surface area contributed by atoms with Gasteiger partial charge in [-0.2, -0.15) is 0 Å². The summed E-state index contributed by atoms with van der Waals surface area (Å²) in [6.07, 6.45) is 1.38. The predicted molar refractivity (Wildman–Crippen MR) is 34.2 cm³/mol. The van der Waals surface area contributed by atoms with Gasteiger partial charge in [0.15, 0.2) is 0 Å². The van der Waals surface area contributed by atoms with Crippen LogP contribution in [0.4, 0.5) is 0 Å². The second-order valence-electron chi connectivity index (χ2n) is 1.14. The lowest BCUT2D eigenvalue weighted by Crippen LogP contribution is -1.71. The summed E-state index contributed by atoms with van der Waals surface area (Å²) in [7, 11) is 0. The molecule has 0 bridgehead atoms. The molecular formula is C4H7I. The van der Waals surface area contributed by atoms with E-state index in [0.29, 0.717) is 20.7 Å². The maximum absolute atomic E-state index is 2.25. The van der Waals surface area contributed by atoms with E-state index in [1.54, 1.807) is 0 Å². The molecule has 0 unspecified atom stereocenters. The minimum absolute atomic E-state index is 0.691. The molecule has 0 aromatic rings. The Morgan fingerprint density at radius 2 is 2.60 bits per heavy atom. The first-order chi connectivity index (χ1) is 2.43. The summed E-state index contributed by atoms with van der Waals surface area (Å²) in [6, 6.07) is 0. The summed E-state index contributed by atoms with van der Waals surface area (Å²) >= 11 is 0.691. The molecule has 0 aromatic carbocycles. The van der Waals surface area contributed by atoms with Crippen molar-refractivity contribution in [3.63, 3.8) is 0 Å².